The van der Waals surface area contributed by atoms with Crippen LogP contribution in [0, 0.1) is 5.92 Å². The highest BCUT2D eigenvalue weighted by Gasteiger charge is 2.39. The van der Waals surface area contributed by atoms with Crippen LogP contribution >= 0.6 is 0 Å². The van der Waals surface area contributed by atoms with Crippen LogP contribution in [0.15, 0.2) is 66.4 Å². The summed E-state index contributed by atoms with van der Waals surface area (Å²) in [4.78, 5) is 25.7. The van der Waals surface area contributed by atoms with Crippen molar-refractivity contribution in [2.45, 2.75) is 12.3 Å². The number of rotatable bonds is 5. The molecule has 2 aromatic rings. The van der Waals surface area contributed by atoms with E-state index in [0.29, 0.717) is 23.5 Å². The molecule has 1 aliphatic rings. The molecule has 1 aliphatic carbocycles. The molecular formula is C21H20O4. The fourth-order valence-corrected chi connectivity index (χ4v) is 3.24. The topological polar surface area (TPSA) is 52.6 Å². The monoisotopic (exact) mass is 336 g/mol. The van der Waals surface area contributed by atoms with Crippen molar-refractivity contribution in [3.05, 3.63) is 77.6 Å². The first kappa shape index (κ1) is 17.0. The Morgan fingerprint density at radius 2 is 1.64 bits per heavy atom. The van der Waals surface area contributed by atoms with E-state index < -0.39 is 5.92 Å². The van der Waals surface area contributed by atoms with Gasteiger partial charge in [0.1, 0.15) is 5.75 Å². The second-order valence-corrected chi connectivity index (χ2v) is 6.01. The van der Waals surface area contributed by atoms with Crippen molar-refractivity contribution >= 4 is 11.6 Å². The fourth-order valence-electron chi connectivity index (χ4n) is 3.24. The third kappa shape index (κ3) is 3.48. The van der Waals surface area contributed by atoms with Crippen LogP contribution < -0.4 is 4.74 Å². The van der Waals surface area contributed by atoms with Gasteiger partial charge >= 0.3 is 0 Å². The van der Waals surface area contributed by atoms with E-state index in [0.717, 1.165) is 5.56 Å². The van der Waals surface area contributed by atoms with Crippen molar-refractivity contribution in [2.24, 2.45) is 5.92 Å². The van der Waals surface area contributed by atoms with Crippen molar-refractivity contribution in [2.75, 3.05) is 14.2 Å². The molecule has 0 saturated heterocycles. The molecule has 0 aliphatic heterocycles. The summed E-state index contributed by atoms with van der Waals surface area (Å²) in [5, 5.41) is 0. The van der Waals surface area contributed by atoms with E-state index in [1.54, 1.807) is 38.5 Å². The Labute approximate surface area is 147 Å². The lowest BCUT2D eigenvalue weighted by Crippen LogP contribution is -2.33. The average molecular weight is 336 g/mol. The van der Waals surface area contributed by atoms with E-state index in [1.807, 2.05) is 30.3 Å². The zero-order valence-corrected chi connectivity index (χ0v) is 14.3. The number of hydrogen-bond donors (Lipinski definition) is 0. The van der Waals surface area contributed by atoms with E-state index >= 15 is 0 Å². The first-order chi connectivity index (χ1) is 12.1. The molecule has 4 nitrogen and oxygen atoms in total. The number of ketones is 2. The van der Waals surface area contributed by atoms with E-state index in [4.69, 9.17) is 9.47 Å². The van der Waals surface area contributed by atoms with Gasteiger partial charge in [0.05, 0.1) is 25.9 Å². The van der Waals surface area contributed by atoms with Gasteiger partial charge in [-0.25, -0.2) is 0 Å². The van der Waals surface area contributed by atoms with Gasteiger partial charge in [-0.15, -0.1) is 0 Å². The molecule has 0 bridgehead atoms. The normalized spacial score (nSPS) is 19.9. The van der Waals surface area contributed by atoms with Gasteiger partial charge in [-0.2, -0.15) is 0 Å². The molecule has 128 valence electrons. The number of Topliss-reactive ketones (excluding diaryl/α,β-unsaturated/α-hetero) is 1. The highest BCUT2D eigenvalue weighted by molar-refractivity contribution is 6.15. The van der Waals surface area contributed by atoms with E-state index in [9.17, 15) is 9.59 Å². The Kier molecular flexibility index (Phi) is 4.98. The number of benzene rings is 2. The molecule has 2 atom stereocenters. The van der Waals surface area contributed by atoms with Crippen LogP contribution in [0.25, 0.3) is 0 Å². The standard InChI is InChI=1S/C21H20O4/c1-24-16-10-8-15(9-11-16)21(23)20-18(14-6-4-3-5-7-14)12-17(25-2)13-19(20)22/h3-11,13,18,20H,12H2,1-2H3. The zero-order chi connectivity index (χ0) is 17.8. The number of carbonyl (C=O) groups excluding carboxylic acids is 2. The van der Waals surface area contributed by atoms with E-state index in [2.05, 4.69) is 0 Å². The summed E-state index contributed by atoms with van der Waals surface area (Å²) >= 11 is 0. The van der Waals surface area contributed by atoms with Crippen LogP contribution in [0.3, 0.4) is 0 Å². The molecule has 0 saturated carbocycles. The van der Waals surface area contributed by atoms with Crippen LogP contribution in [0.1, 0.15) is 28.3 Å². The number of ether oxygens (including phenoxy) is 2. The largest absolute Gasteiger partial charge is 0.501 e. The van der Waals surface area contributed by atoms with Crippen molar-refractivity contribution in [1.29, 1.82) is 0 Å². The first-order valence-electron chi connectivity index (χ1n) is 8.15. The molecule has 2 unspecified atom stereocenters. The lowest BCUT2D eigenvalue weighted by Gasteiger charge is -2.29. The summed E-state index contributed by atoms with van der Waals surface area (Å²) < 4.78 is 10.4. The highest BCUT2D eigenvalue weighted by atomic mass is 16.5. The molecule has 0 amide bonds. The highest BCUT2D eigenvalue weighted by Crippen LogP contribution is 2.38. The number of allylic oxidation sites excluding steroid dienone is 2. The number of hydrogen-bond acceptors (Lipinski definition) is 4. The summed E-state index contributed by atoms with van der Waals surface area (Å²) in [5.41, 5.74) is 1.47. The maximum Gasteiger partial charge on any atom is 0.174 e. The molecular weight excluding hydrogens is 316 g/mol. The molecule has 0 fully saturated rings. The van der Waals surface area contributed by atoms with Gasteiger partial charge < -0.3 is 9.47 Å². The second kappa shape index (κ2) is 7.34. The van der Waals surface area contributed by atoms with Gasteiger partial charge in [-0.05, 0) is 29.8 Å². The maximum absolute atomic E-state index is 13.1. The van der Waals surface area contributed by atoms with Gasteiger partial charge in [0.2, 0.25) is 0 Å². The Morgan fingerprint density at radius 3 is 2.24 bits per heavy atom. The number of carbonyl (C=O) groups is 2. The third-order valence-electron chi connectivity index (χ3n) is 4.58. The minimum atomic E-state index is -0.741. The van der Waals surface area contributed by atoms with Gasteiger partial charge in [0.25, 0.3) is 0 Å². The van der Waals surface area contributed by atoms with Crippen molar-refractivity contribution in [3.8, 4) is 5.75 Å². The molecule has 0 spiro atoms. The quantitative estimate of drug-likeness (QED) is 0.616. The molecule has 2 aromatic carbocycles. The molecule has 4 heteroatoms. The molecule has 25 heavy (non-hydrogen) atoms. The van der Waals surface area contributed by atoms with Crippen molar-refractivity contribution < 1.29 is 19.1 Å². The predicted molar refractivity (Wildman–Crippen MR) is 94.7 cm³/mol. The van der Waals surface area contributed by atoms with Crippen LogP contribution in [-0.2, 0) is 9.53 Å². The van der Waals surface area contributed by atoms with Crippen LogP contribution in [0.2, 0.25) is 0 Å². The Morgan fingerprint density at radius 1 is 0.960 bits per heavy atom. The second-order valence-electron chi connectivity index (χ2n) is 6.01. The predicted octanol–water partition coefficient (Wildman–Crippen LogP) is 3.78. The molecule has 0 aromatic heterocycles. The Hall–Kier alpha value is -2.88. The Balaban J connectivity index is 1.98. The average Bonchev–Trinajstić information content (AvgIpc) is 2.67. The summed E-state index contributed by atoms with van der Waals surface area (Å²) in [7, 11) is 3.12. The fraction of sp³-hybridized carbons (Fsp3) is 0.238. The summed E-state index contributed by atoms with van der Waals surface area (Å²) in [6.07, 6.45) is 1.98. The summed E-state index contributed by atoms with van der Waals surface area (Å²) in [6, 6.07) is 16.5. The van der Waals surface area contributed by atoms with Gasteiger partial charge in [-0.3, -0.25) is 9.59 Å². The summed E-state index contributed by atoms with van der Waals surface area (Å²) in [5.74, 6) is -0.0750. The van der Waals surface area contributed by atoms with Crippen molar-refractivity contribution in [3.63, 3.8) is 0 Å². The van der Waals surface area contributed by atoms with Gasteiger partial charge in [-0.1, -0.05) is 30.3 Å². The SMILES string of the molecule is COC1=CC(=O)C(C(=O)c2ccc(OC)cc2)C(c2ccccc2)C1. The van der Waals surface area contributed by atoms with Gasteiger partial charge in [0, 0.05) is 24.0 Å². The van der Waals surface area contributed by atoms with E-state index in [-0.39, 0.29) is 17.5 Å². The van der Waals surface area contributed by atoms with Crippen LogP contribution in [0.4, 0.5) is 0 Å². The van der Waals surface area contributed by atoms with Crippen molar-refractivity contribution in [1.82, 2.24) is 0 Å². The van der Waals surface area contributed by atoms with E-state index in [1.165, 1.54) is 6.08 Å². The van der Waals surface area contributed by atoms with Crippen LogP contribution in [0.5, 0.6) is 5.75 Å². The molecule has 0 heterocycles. The molecule has 3 rings (SSSR count). The number of methoxy groups -OCH3 is 2. The third-order valence-corrected chi connectivity index (χ3v) is 4.58. The maximum atomic E-state index is 13.1. The minimum absolute atomic E-state index is 0.173. The van der Waals surface area contributed by atoms with Crippen LogP contribution in [-0.4, -0.2) is 25.8 Å². The zero-order valence-electron chi connectivity index (χ0n) is 14.3. The Bertz CT molecular complexity index is 790. The lowest BCUT2D eigenvalue weighted by atomic mass is 9.73. The lowest BCUT2D eigenvalue weighted by molar-refractivity contribution is -0.118. The van der Waals surface area contributed by atoms with Gasteiger partial charge in [0.15, 0.2) is 11.6 Å². The minimum Gasteiger partial charge on any atom is -0.501 e. The smallest absolute Gasteiger partial charge is 0.174 e. The first-order valence-corrected chi connectivity index (χ1v) is 8.15. The summed E-state index contributed by atoms with van der Waals surface area (Å²) in [6.45, 7) is 0. The molecule has 0 N–H and O–H groups in total. The molecule has 0 radical (unpaired) electrons.